The minimum atomic E-state index is -3.83. The molecule has 7 nitrogen and oxygen atoms in total. The first kappa shape index (κ1) is 15.3. The molecule has 3 N–H and O–H groups in total. The quantitative estimate of drug-likeness (QED) is 0.540. The molecule has 0 saturated heterocycles. The number of rotatable bonds is 7. The van der Waals surface area contributed by atoms with Crippen molar-refractivity contribution in [3.63, 3.8) is 0 Å². The molecule has 0 aliphatic carbocycles. The molecular formula is C8H18N2O5S. The van der Waals surface area contributed by atoms with Gasteiger partial charge in [-0.3, -0.25) is 4.79 Å². The van der Waals surface area contributed by atoms with Crippen LogP contribution in [0.15, 0.2) is 0 Å². The zero-order valence-corrected chi connectivity index (χ0v) is 10.4. The van der Waals surface area contributed by atoms with Crippen LogP contribution in [0.4, 0.5) is 0 Å². The zero-order chi connectivity index (χ0) is 12.9. The van der Waals surface area contributed by atoms with Crippen LogP contribution in [0, 0.1) is 0 Å². The van der Waals surface area contributed by atoms with E-state index in [2.05, 4.69) is 0 Å². The summed E-state index contributed by atoms with van der Waals surface area (Å²) >= 11 is 0. The van der Waals surface area contributed by atoms with Gasteiger partial charge in [0.05, 0.1) is 0 Å². The van der Waals surface area contributed by atoms with Gasteiger partial charge in [-0.05, 0) is 20.3 Å². The summed E-state index contributed by atoms with van der Waals surface area (Å²) in [5.41, 5.74) is 0. The summed E-state index contributed by atoms with van der Waals surface area (Å²) in [6.07, 6.45) is -0.166. The standard InChI is InChI=1S/C8H18N2O5S/c1-6(2)10(3)16(14,15)9-7(4-5-11)8(12)13/h6-7,9,11H,4-5H2,1-3H3,(H,12,13)/t7-/m1/s1. The minimum absolute atomic E-state index is 0.166. The van der Waals surface area contributed by atoms with Crippen LogP contribution in [0.1, 0.15) is 20.3 Å². The Morgan fingerprint density at radius 2 is 1.94 bits per heavy atom. The normalized spacial score (nSPS) is 14.4. The summed E-state index contributed by atoms with van der Waals surface area (Å²) in [7, 11) is -2.48. The van der Waals surface area contributed by atoms with E-state index in [-0.39, 0.29) is 12.5 Å². The van der Waals surface area contributed by atoms with Crippen molar-refractivity contribution < 1.29 is 23.4 Å². The Labute approximate surface area is 95.2 Å². The summed E-state index contributed by atoms with van der Waals surface area (Å²) in [6, 6.07) is -1.59. The van der Waals surface area contributed by atoms with Gasteiger partial charge in [0, 0.05) is 19.7 Å². The van der Waals surface area contributed by atoms with Crippen LogP contribution in [-0.2, 0) is 15.0 Å². The van der Waals surface area contributed by atoms with E-state index in [1.54, 1.807) is 13.8 Å². The average molecular weight is 254 g/mol. The predicted molar refractivity (Wildman–Crippen MR) is 58.1 cm³/mol. The Bertz CT molecular complexity index is 327. The van der Waals surface area contributed by atoms with Crippen LogP contribution in [0.3, 0.4) is 0 Å². The molecule has 0 fully saturated rings. The number of aliphatic carboxylic acids is 1. The molecule has 16 heavy (non-hydrogen) atoms. The number of hydrogen-bond donors (Lipinski definition) is 3. The third-order valence-electron chi connectivity index (χ3n) is 2.11. The molecule has 0 unspecified atom stereocenters. The Morgan fingerprint density at radius 1 is 1.44 bits per heavy atom. The van der Waals surface area contributed by atoms with Gasteiger partial charge >= 0.3 is 5.97 Å². The summed E-state index contributed by atoms with van der Waals surface area (Å²) in [5, 5.41) is 17.3. The van der Waals surface area contributed by atoms with E-state index in [1.165, 1.54) is 7.05 Å². The van der Waals surface area contributed by atoms with Crippen molar-refractivity contribution in [2.24, 2.45) is 0 Å². The number of aliphatic hydroxyl groups is 1. The van der Waals surface area contributed by atoms with Gasteiger partial charge in [-0.25, -0.2) is 0 Å². The first-order valence-corrected chi connectivity index (χ1v) is 6.25. The molecule has 0 rings (SSSR count). The number of nitrogens with one attached hydrogen (secondary N) is 1. The van der Waals surface area contributed by atoms with Crippen molar-refractivity contribution in [1.29, 1.82) is 0 Å². The molecule has 0 spiro atoms. The van der Waals surface area contributed by atoms with Crippen molar-refractivity contribution in [3.8, 4) is 0 Å². The Morgan fingerprint density at radius 3 is 2.25 bits per heavy atom. The van der Waals surface area contributed by atoms with Crippen molar-refractivity contribution in [3.05, 3.63) is 0 Å². The monoisotopic (exact) mass is 254 g/mol. The van der Waals surface area contributed by atoms with Crippen LogP contribution in [0.5, 0.6) is 0 Å². The van der Waals surface area contributed by atoms with Crippen LogP contribution in [0.25, 0.3) is 0 Å². The van der Waals surface area contributed by atoms with E-state index in [4.69, 9.17) is 10.2 Å². The number of aliphatic hydroxyl groups excluding tert-OH is 1. The highest BCUT2D eigenvalue weighted by atomic mass is 32.2. The molecule has 8 heteroatoms. The Hall–Kier alpha value is -0.700. The summed E-state index contributed by atoms with van der Waals surface area (Å²) in [6.45, 7) is 2.94. The molecule has 0 heterocycles. The Balaban J connectivity index is 4.73. The highest BCUT2D eigenvalue weighted by Gasteiger charge is 2.27. The fraction of sp³-hybridized carbons (Fsp3) is 0.875. The second kappa shape index (κ2) is 6.14. The number of carboxylic acid groups (broad SMARTS) is 1. The van der Waals surface area contributed by atoms with Crippen LogP contribution < -0.4 is 4.72 Å². The molecule has 0 aromatic rings. The van der Waals surface area contributed by atoms with Gasteiger partial charge in [0.2, 0.25) is 0 Å². The van der Waals surface area contributed by atoms with Crippen molar-refractivity contribution in [1.82, 2.24) is 9.03 Å². The molecule has 0 aliphatic rings. The highest BCUT2D eigenvalue weighted by Crippen LogP contribution is 2.03. The second-order valence-corrected chi connectivity index (χ2v) is 5.40. The number of carbonyl (C=O) groups is 1. The first-order chi connectivity index (χ1) is 7.22. The van der Waals surface area contributed by atoms with E-state index in [9.17, 15) is 13.2 Å². The lowest BCUT2D eigenvalue weighted by Gasteiger charge is -2.23. The summed E-state index contributed by atoms with van der Waals surface area (Å²) in [4.78, 5) is 10.7. The first-order valence-electron chi connectivity index (χ1n) is 4.81. The van der Waals surface area contributed by atoms with Gasteiger partial charge in [0.15, 0.2) is 0 Å². The molecule has 96 valence electrons. The summed E-state index contributed by atoms with van der Waals surface area (Å²) in [5.74, 6) is -1.31. The van der Waals surface area contributed by atoms with E-state index in [0.29, 0.717) is 0 Å². The fourth-order valence-electron chi connectivity index (χ4n) is 0.902. The zero-order valence-electron chi connectivity index (χ0n) is 9.54. The minimum Gasteiger partial charge on any atom is -0.480 e. The van der Waals surface area contributed by atoms with E-state index in [1.807, 2.05) is 4.72 Å². The van der Waals surface area contributed by atoms with Crippen molar-refractivity contribution in [2.45, 2.75) is 32.4 Å². The van der Waals surface area contributed by atoms with E-state index < -0.39 is 28.8 Å². The lowest BCUT2D eigenvalue weighted by Crippen LogP contribution is -2.49. The van der Waals surface area contributed by atoms with E-state index in [0.717, 1.165) is 4.31 Å². The molecule has 0 bridgehead atoms. The lowest BCUT2D eigenvalue weighted by atomic mass is 10.2. The molecular weight excluding hydrogens is 236 g/mol. The maximum Gasteiger partial charge on any atom is 0.321 e. The van der Waals surface area contributed by atoms with Gasteiger partial charge in [0.25, 0.3) is 10.2 Å². The maximum absolute atomic E-state index is 11.6. The van der Waals surface area contributed by atoms with Crippen molar-refractivity contribution >= 4 is 16.2 Å². The van der Waals surface area contributed by atoms with Gasteiger partial charge in [0.1, 0.15) is 6.04 Å². The van der Waals surface area contributed by atoms with Gasteiger partial charge in [-0.1, -0.05) is 0 Å². The molecule has 1 atom stereocenters. The molecule has 0 aromatic carbocycles. The predicted octanol–water partition coefficient (Wildman–Crippen LogP) is -1.00. The van der Waals surface area contributed by atoms with Crippen molar-refractivity contribution in [2.75, 3.05) is 13.7 Å². The average Bonchev–Trinajstić information content (AvgIpc) is 2.15. The molecule has 0 amide bonds. The summed E-state index contributed by atoms with van der Waals surface area (Å²) < 4.78 is 26.3. The maximum atomic E-state index is 11.6. The third kappa shape index (κ3) is 4.44. The van der Waals surface area contributed by atoms with Gasteiger partial charge < -0.3 is 10.2 Å². The molecule has 0 saturated carbocycles. The highest BCUT2D eigenvalue weighted by molar-refractivity contribution is 7.87. The smallest absolute Gasteiger partial charge is 0.321 e. The number of carboxylic acids is 1. The van der Waals surface area contributed by atoms with Crippen LogP contribution >= 0.6 is 0 Å². The second-order valence-electron chi connectivity index (χ2n) is 3.64. The van der Waals surface area contributed by atoms with Crippen LogP contribution in [0.2, 0.25) is 0 Å². The SMILES string of the molecule is CC(C)N(C)S(=O)(=O)N[C@H](CCO)C(=O)O. The Kier molecular flexibility index (Phi) is 5.87. The van der Waals surface area contributed by atoms with Gasteiger partial charge in [-0.2, -0.15) is 17.4 Å². The largest absolute Gasteiger partial charge is 0.480 e. The molecule has 0 aromatic heterocycles. The number of hydrogen-bond acceptors (Lipinski definition) is 4. The topological polar surface area (TPSA) is 107 Å². The number of nitrogens with zero attached hydrogens (tertiary/aromatic N) is 1. The molecule has 0 aliphatic heterocycles. The lowest BCUT2D eigenvalue weighted by molar-refractivity contribution is -0.139. The van der Waals surface area contributed by atoms with E-state index >= 15 is 0 Å². The molecule has 0 radical (unpaired) electrons. The third-order valence-corrected chi connectivity index (χ3v) is 3.88. The fourth-order valence-corrected chi connectivity index (χ4v) is 2.20. The van der Waals surface area contributed by atoms with Crippen LogP contribution in [-0.4, -0.2) is 54.6 Å². The van der Waals surface area contributed by atoms with Gasteiger partial charge in [-0.15, -0.1) is 0 Å².